The van der Waals surface area contributed by atoms with Crippen LogP contribution in [0.25, 0.3) is 11.2 Å². The molecular formula is C51H59N6O8PS. The lowest BCUT2D eigenvalue weighted by molar-refractivity contribution is -0.143. The summed E-state index contributed by atoms with van der Waals surface area (Å²) in [4.78, 5) is 27.7. The van der Waals surface area contributed by atoms with Crippen LogP contribution in [0.4, 0.5) is 0 Å². The minimum absolute atomic E-state index is 0.0772. The number of hydrogen-bond acceptors (Lipinski definition) is 14. The number of hydrogen-bond donors (Lipinski definition) is 0. The normalized spacial score (nSPS) is 17.0. The summed E-state index contributed by atoms with van der Waals surface area (Å²) < 4.78 is 49.0. The molecule has 0 saturated carbocycles. The first-order valence-corrected chi connectivity index (χ1v) is 24.3. The first-order valence-electron chi connectivity index (χ1n) is 22.3. The highest BCUT2D eigenvalue weighted by Crippen LogP contribution is 2.51. The van der Waals surface area contributed by atoms with Gasteiger partial charge in [-0.05, 0) is 108 Å². The summed E-state index contributed by atoms with van der Waals surface area (Å²) >= 11 is 1.40. The number of imidazole rings is 1. The summed E-state index contributed by atoms with van der Waals surface area (Å²) in [5, 5.41) is 10.1. The van der Waals surface area contributed by atoms with Gasteiger partial charge in [0.15, 0.2) is 5.65 Å². The second kappa shape index (κ2) is 22.1. The summed E-state index contributed by atoms with van der Waals surface area (Å²) in [6, 6.07) is 35.6. The standard InChI is InChI=1S/C51H59N6O8PS/c1-34(2)57(35(3)4)66(62-28-14-27-52)65-43-30-45(56-33-55-46-47(56)53-32-54-48(46)67-42-18-13-17-41(29-42)63-49(58)50(5,6)7)64-44(43)31-61-51(36-15-11-10-12-16-36,37-19-23-39(59-8)24-20-37)38-21-25-40(60-9)26-22-38/h10-13,15-26,29,32-35,43-45H,14,28,30-31H2,1-9H3/t43-,44+,45+,66?/m0/s1. The van der Waals surface area contributed by atoms with E-state index in [0.717, 1.165) is 21.6 Å². The largest absolute Gasteiger partial charge is 0.497 e. The van der Waals surface area contributed by atoms with E-state index in [1.165, 1.54) is 18.1 Å². The Morgan fingerprint density at radius 3 is 2.10 bits per heavy atom. The van der Waals surface area contributed by atoms with Crippen LogP contribution in [0, 0.1) is 16.7 Å². The van der Waals surface area contributed by atoms with Crippen molar-refractivity contribution in [1.29, 1.82) is 5.26 Å². The van der Waals surface area contributed by atoms with E-state index in [1.807, 2.05) is 110 Å². The van der Waals surface area contributed by atoms with Gasteiger partial charge >= 0.3 is 5.97 Å². The van der Waals surface area contributed by atoms with Gasteiger partial charge in [-0.3, -0.25) is 9.36 Å². The molecule has 3 heterocycles. The number of ether oxygens (including phenoxy) is 5. The number of nitriles is 1. The molecule has 67 heavy (non-hydrogen) atoms. The van der Waals surface area contributed by atoms with Gasteiger partial charge < -0.3 is 32.7 Å². The molecule has 352 valence electrons. The first-order chi connectivity index (χ1) is 32.2. The van der Waals surface area contributed by atoms with Gasteiger partial charge in [0.1, 0.15) is 52.1 Å². The van der Waals surface area contributed by atoms with Crippen LogP contribution in [0.2, 0.25) is 0 Å². The fraction of sp³-hybridized carbons (Fsp3) is 0.392. The van der Waals surface area contributed by atoms with Crippen molar-refractivity contribution in [3.05, 3.63) is 132 Å². The van der Waals surface area contributed by atoms with Gasteiger partial charge in [-0.15, -0.1) is 0 Å². The quantitative estimate of drug-likeness (QED) is 0.0178. The van der Waals surface area contributed by atoms with E-state index in [0.29, 0.717) is 39.9 Å². The molecule has 1 saturated heterocycles. The second-order valence-corrected chi connectivity index (χ2v) is 20.1. The van der Waals surface area contributed by atoms with E-state index in [9.17, 15) is 10.1 Å². The molecule has 0 N–H and O–H groups in total. The number of rotatable bonds is 20. The van der Waals surface area contributed by atoms with Crippen molar-refractivity contribution in [1.82, 2.24) is 24.2 Å². The third-order valence-electron chi connectivity index (χ3n) is 11.2. The van der Waals surface area contributed by atoms with Gasteiger partial charge in [-0.25, -0.2) is 19.6 Å². The lowest BCUT2D eigenvalue weighted by Gasteiger charge is -2.39. The molecule has 0 amide bonds. The van der Waals surface area contributed by atoms with Gasteiger partial charge in [-0.2, -0.15) is 5.26 Å². The summed E-state index contributed by atoms with van der Waals surface area (Å²) in [7, 11) is 1.63. The molecule has 1 aliphatic rings. The molecule has 2 aromatic heterocycles. The van der Waals surface area contributed by atoms with Crippen molar-refractivity contribution < 1.29 is 37.5 Å². The molecule has 14 nitrogen and oxygen atoms in total. The topological polar surface area (TPSA) is 152 Å². The molecule has 4 aromatic carbocycles. The molecule has 1 unspecified atom stereocenters. The molecule has 0 spiro atoms. The molecule has 0 aliphatic carbocycles. The Balaban J connectivity index is 1.27. The van der Waals surface area contributed by atoms with E-state index in [-0.39, 0.29) is 37.7 Å². The highest BCUT2D eigenvalue weighted by atomic mass is 32.2. The SMILES string of the molecule is COc1ccc(C(OC[C@H]2O[C@@H](n3cnc4c(Sc5cccc(OC(=O)C(C)(C)C)c5)ncnc43)C[C@@H]2OP(OCCC#N)N(C(C)C)C(C)C)(c2ccccc2)c2ccc(OC)cc2)cc1. The van der Waals surface area contributed by atoms with Gasteiger partial charge in [0.05, 0.1) is 57.8 Å². The molecule has 4 atom stereocenters. The number of carbonyl (C=O) groups is 1. The first kappa shape index (κ1) is 49.5. The zero-order chi connectivity index (χ0) is 47.7. The van der Waals surface area contributed by atoms with Crippen LogP contribution in [0.1, 0.15) is 84.2 Å². The van der Waals surface area contributed by atoms with Crippen molar-refractivity contribution >= 4 is 37.4 Å². The monoisotopic (exact) mass is 946 g/mol. The van der Waals surface area contributed by atoms with Crippen molar-refractivity contribution in [2.75, 3.05) is 27.4 Å². The molecule has 6 aromatic rings. The van der Waals surface area contributed by atoms with E-state index < -0.39 is 38.0 Å². The van der Waals surface area contributed by atoms with Crippen LogP contribution in [0.3, 0.4) is 0 Å². The smallest absolute Gasteiger partial charge is 0.316 e. The highest BCUT2D eigenvalue weighted by molar-refractivity contribution is 7.99. The van der Waals surface area contributed by atoms with Gasteiger partial charge in [-0.1, -0.05) is 72.4 Å². The predicted octanol–water partition coefficient (Wildman–Crippen LogP) is 10.9. The average molecular weight is 947 g/mol. The van der Waals surface area contributed by atoms with Crippen molar-refractivity contribution in [2.45, 2.75) is 107 Å². The molecule has 16 heteroatoms. The average Bonchev–Trinajstić information content (AvgIpc) is 3.94. The minimum atomic E-state index is -1.66. The minimum Gasteiger partial charge on any atom is -0.497 e. The summed E-state index contributed by atoms with van der Waals surface area (Å²) in [5.41, 5.74) is 2.05. The lowest BCUT2D eigenvalue weighted by atomic mass is 9.80. The van der Waals surface area contributed by atoms with E-state index >= 15 is 0 Å². The summed E-state index contributed by atoms with van der Waals surface area (Å²) in [6.45, 7) is 14.2. The zero-order valence-corrected chi connectivity index (χ0v) is 41.2. The summed E-state index contributed by atoms with van der Waals surface area (Å²) in [5.74, 6) is 1.55. The maximum atomic E-state index is 12.7. The van der Waals surface area contributed by atoms with Crippen molar-refractivity contribution in [3.8, 4) is 23.3 Å². The van der Waals surface area contributed by atoms with Crippen LogP contribution in [-0.4, -0.2) is 81.9 Å². The highest BCUT2D eigenvalue weighted by Gasteiger charge is 2.45. The number of aromatic nitrogens is 4. The number of methoxy groups -OCH3 is 2. The molecule has 1 fully saturated rings. The Labute approximate surface area is 398 Å². The van der Waals surface area contributed by atoms with Crippen LogP contribution in [0.5, 0.6) is 17.2 Å². The predicted molar refractivity (Wildman–Crippen MR) is 258 cm³/mol. The second-order valence-electron chi connectivity index (χ2n) is 17.6. The number of carbonyl (C=O) groups excluding carboxylic acids is 1. The van der Waals surface area contributed by atoms with E-state index in [4.69, 9.17) is 42.7 Å². The third kappa shape index (κ3) is 11.5. The molecule has 0 radical (unpaired) electrons. The van der Waals surface area contributed by atoms with E-state index in [2.05, 4.69) is 55.6 Å². The van der Waals surface area contributed by atoms with Crippen molar-refractivity contribution in [3.63, 3.8) is 0 Å². The van der Waals surface area contributed by atoms with Crippen LogP contribution >= 0.6 is 20.3 Å². The number of fused-ring (bicyclic) bond motifs is 1. The van der Waals surface area contributed by atoms with Crippen LogP contribution in [-0.2, 0) is 28.9 Å². The van der Waals surface area contributed by atoms with Crippen LogP contribution in [0.15, 0.2) is 126 Å². The zero-order valence-electron chi connectivity index (χ0n) is 39.5. The van der Waals surface area contributed by atoms with Gasteiger partial charge in [0.25, 0.3) is 8.53 Å². The molecule has 1 aliphatic heterocycles. The molecule has 7 rings (SSSR count). The maximum absolute atomic E-state index is 12.7. The lowest BCUT2D eigenvalue weighted by Crippen LogP contribution is -2.39. The number of benzene rings is 4. The Morgan fingerprint density at radius 2 is 1.51 bits per heavy atom. The Hall–Kier alpha value is -5.43. The fourth-order valence-corrected chi connectivity index (χ4v) is 10.6. The maximum Gasteiger partial charge on any atom is 0.316 e. The summed E-state index contributed by atoms with van der Waals surface area (Å²) in [6.07, 6.45) is 2.12. The van der Waals surface area contributed by atoms with Crippen LogP contribution < -0.4 is 14.2 Å². The van der Waals surface area contributed by atoms with Crippen molar-refractivity contribution in [2.24, 2.45) is 5.41 Å². The molecule has 0 bridgehead atoms. The molecular weight excluding hydrogens is 888 g/mol. The fourth-order valence-electron chi connectivity index (χ4n) is 7.91. The Bertz CT molecular complexity index is 2550. The Morgan fingerprint density at radius 1 is 0.866 bits per heavy atom. The Kier molecular flexibility index (Phi) is 16.3. The van der Waals surface area contributed by atoms with Gasteiger partial charge in [0, 0.05) is 23.4 Å². The number of esters is 1. The van der Waals surface area contributed by atoms with Gasteiger partial charge in [0.2, 0.25) is 0 Å². The number of nitrogens with zero attached hydrogens (tertiary/aromatic N) is 6. The van der Waals surface area contributed by atoms with E-state index in [1.54, 1.807) is 26.6 Å². The third-order valence-corrected chi connectivity index (χ3v) is 14.3.